The van der Waals surface area contributed by atoms with Crippen molar-refractivity contribution < 1.29 is 10.2 Å². The SMILES string of the molecule is Cc1ccc(-n2[nH]c(C)c(-c3cc(C(C)(C)C)cc(O)c3O)c2=O)cc1. The second kappa shape index (κ2) is 6.09. The molecule has 3 rings (SSSR count). The van der Waals surface area contributed by atoms with Crippen LogP contribution in [0.1, 0.15) is 37.6 Å². The summed E-state index contributed by atoms with van der Waals surface area (Å²) in [5.74, 6) is -0.512. The number of hydrogen-bond donors (Lipinski definition) is 3. The van der Waals surface area contributed by atoms with Crippen LogP contribution >= 0.6 is 0 Å². The molecule has 0 spiro atoms. The third kappa shape index (κ3) is 3.01. The summed E-state index contributed by atoms with van der Waals surface area (Å²) in [5, 5.41) is 23.6. The zero-order valence-corrected chi connectivity index (χ0v) is 15.7. The van der Waals surface area contributed by atoms with Gasteiger partial charge in [-0.25, -0.2) is 4.68 Å². The van der Waals surface area contributed by atoms with E-state index in [0.29, 0.717) is 22.5 Å². The zero-order chi connectivity index (χ0) is 19.2. The van der Waals surface area contributed by atoms with Crippen LogP contribution in [-0.2, 0) is 5.41 Å². The van der Waals surface area contributed by atoms with Gasteiger partial charge in [-0.1, -0.05) is 38.5 Å². The predicted octanol–water partition coefficient (Wildman–Crippen LogP) is 4.16. The monoisotopic (exact) mass is 352 g/mol. The molecule has 26 heavy (non-hydrogen) atoms. The average molecular weight is 352 g/mol. The molecule has 5 nitrogen and oxygen atoms in total. The van der Waals surface area contributed by atoms with E-state index < -0.39 is 0 Å². The molecule has 5 heteroatoms. The number of benzene rings is 2. The standard InChI is InChI=1S/C21H24N2O3/c1-12-6-8-15(9-7-12)23-20(26)18(13(2)22-23)16-10-14(21(3,4)5)11-17(24)19(16)25/h6-11,22,24-25H,1-5H3. The summed E-state index contributed by atoms with van der Waals surface area (Å²) in [7, 11) is 0. The first-order chi connectivity index (χ1) is 12.1. The molecule has 0 saturated heterocycles. The maximum atomic E-state index is 13.0. The van der Waals surface area contributed by atoms with Crippen molar-refractivity contribution >= 4 is 0 Å². The second-order valence-corrected chi connectivity index (χ2v) is 7.73. The Morgan fingerprint density at radius 2 is 1.62 bits per heavy atom. The highest BCUT2D eigenvalue weighted by Gasteiger charge is 2.23. The first-order valence-corrected chi connectivity index (χ1v) is 8.55. The summed E-state index contributed by atoms with van der Waals surface area (Å²) in [6, 6.07) is 10.9. The zero-order valence-electron chi connectivity index (χ0n) is 15.7. The van der Waals surface area contributed by atoms with Gasteiger partial charge in [-0.2, -0.15) is 0 Å². The molecule has 3 aromatic rings. The molecule has 1 heterocycles. The van der Waals surface area contributed by atoms with E-state index in [9.17, 15) is 15.0 Å². The lowest BCUT2D eigenvalue weighted by molar-refractivity contribution is 0.403. The molecule has 2 aromatic carbocycles. The minimum absolute atomic E-state index is 0.227. The number of aromatic amines is 1. The van der Waals surface area contributed by atoms with Gasteiger partial charge in [0.15, 0.2) is 11.5 Å². The van der Waals surface area contributed by atoms with Gasteiger partial charge in [0, 0.05) is 11.3 Å². The second-order valence-electron chi connectivity index (χ2n) is 7.73. The van der Waals surface area contributed by atoms with Crippen molar-refractivity contribution in [3.63, 3.8) is 0 Å². The van der Waals surface area contributed by atoms with E-state index in [1.807, 2.05) is 52.0 Å². The number of phenols is 2. The van der Waals surface area contributed by atoms with E-state index in [4.69, 9.17) is 0 Å². The first kappa shape index (κ1) is 17.9. The summed E-state index contributed by atoms with van der Waals surface area (Å²) in [6.45, 7) is 9.80. The Bertz CT molecular complexity index is 1020. The van der Waals surface area contributed by atoms with E-state index in [0.717, 1.165) is 11.1 Å². The van der Waals surface area contributed by atoms with E-state index in [1.165, 1.54) is 4.68 Å². The molecule has 0 fully saturated rings. The van der Waals surface area contributed by atoms with E-state index >= 15 is 0 Å². The molecule has 0 aliphatic carbocycles. The Morgan fingerprint density at radius 3 is 2.19 bits per heavy atom. The quantitative estimate of drug-likeness (QED) is 0.606. The molecular weight excluding hydrogens is 328 g/mol. The molecule has 0 amide bonds. The van der Waals surface area contributed by atoms with Crippen LogP contribution < -0.4 is 5.56 Å². The summed E-state index contributed by atoms with van der Waals surface area (Å²) in [6.07, 6.45) is 0. The number of H-pyrrole nitrogens is 1. The van der Waals surface area contributed by atoms with Gasteiger partial charge in [-0.3, -0.25) is 9.89 Å². The highest BCUT2D eigenvalue weighted by Crippen LogP contribution is 2.40. The molecule has 0 radical (unpaired) electrons. The maximum Gasteiger partial charge on any atom is 0.279 e. The molecule has 0 aliphatic heterocycles. The lowest BCUT2D eigenvalue weighted by Crippen LogP contribution is -2.16. The Kier molecular flexibility index (Phi) is 4.18. The van der Waals surface area contributed by atoms with Crippen LogP contribution in [0.2, 0.25) is 0 Å². The van der Waals surface area contributed by atoms with Crippen molar-refractivity contribution in [1.29, 1.82) is 0 Å². The summed E-state index contributed by atoms with van der Waals surface area (Å²) >= 11 is 0. The number of aromatic nitrogens is 2. The number of aromatic hydroxyl groups is 2. The van der Waals surface area contributed by atoms with Gasteiger partial charge in [-0.05, 0) is 49.1 Å². The Balaban J connectivity index is 2.24. The Morgan fingerprint density at radius 1 is 1.00 bits per heavy atom. The van der Waals surface area contributed by atoms with E-state index in [1.54, 1.807) is 19.1 Å². The topological polar surface area (TPSA) is 78.2 Å². The van der Waals surface area contributed by atoms with Crippen molar-refractivity contribution in [3.8, 4) is 28.3 Å². The van der Waals surface area contributed by atoms with E-state index in [2.05, 4.69) is 5.10 Å². The fourth-order valence-electron chi connectivity index (χ4n) is 2.98. The Labute approximate surface area is 152 Å². The van der Waals surface area contributed by atoms with Crippen molar-refractivity contribution in [2.75, 3.05) is 0 Å². The molecule has 136 valence electrons. The van der Waals surface area contributed by atoms with E-state index in [-0.39, 0.29) is 22.5 Å². The normalized spacial score (nSPS) is 11.7. The lowest BCUT2D eigenvalue weighted by Gasteiger charge is -2.21. The fourth-order valence-corrected chi connectivity index (χ4v) is 2.98. The number of rotatable bonds is 2. The number of aryl methyl sites for hydroxylation is 2. The average Bonchev–Trinajstić information content (AvgIpc) is 2.84. The van der Waals surface area contributed by atoms with Gasteiger partial charge in [0.05, 0.1) is 11.3 Å². The number of nitrogens with zero attached hydrogens (tertiary/aromatic N) is 1. The van der Waals surface area contributed by atoms with Gasteiger partial charge in [0.25, 0.3) is 5.56 Å². The third-order valence-electron chi connectivity index (χ3n) is 4.59. The van der Waals surface area contributed by atoms with Crippen LogP contribution in [0.5, 0.6) is 11.5 Å². The van der Waals surface area contributed by atoms with Gasteiger partial charge in [-0.15, -0.1) is 0 Å². The first-order valence-electron chi connectivity index (χ1n) is 8.55. The summed E-state index contributed by atoms with van der Waals surface area (Å²) < 4.78 is 1.45. The Hall–Kier alpha value is -2.95. The number of hydrogen-bond acceptors (Lipinski definition) is 3. The molecule has 0 bridgehead atoms. The van der Waals surface area contributed by atoms with Gasteiger partial charge in [0.1, 0.15) is 0 Å². The number of nitrogens with one attached hydrogen (secondary N) is 1. The molecule has 1 aromatic heterocycles. The highest BCUT2D eigenvalue weighted by molar-refractivity contribution is 5.76. The molecule has 0 saturated carbocycles. The highest BCUT2D eigenvalue weighted by atomic mass is 16.3. The van der Waals surface area contributed by atoms with Crippen LogP contribution in [0.4, 0.5) is 0 Å². The molecular formula is C21H24N2O3. The minimum Gasteiger partial charge on any atom is -0.504 e. The van der Waals surface area contributed by atoms with Crippen LogP contribution in [0.15, 0.2) is 41.2 Å². The van der Waals surface area contributed by atoms with Crippen molar-refractivity contribution in [2.45, 2.75) is 40.0 Å². The van der Waals surface area contributed by atoms with Crippen molar-refractivity contribution in [3.05, 3.63) is 63.6 Å². The van der Waals surface area contributed by atoms with Crippen LogP contribution in [-0.4, -0.2) is 20.0 Å². The number of phenolic OH excluding ortho intramolecular Hbond substituents is 2. The van der Waals surface area contributed by atoms with Gasteiger partial charge >= 0.3 is 0 Å². The molecule has 0 unspecified atom stereocenters. The van der Waals surface area contributed by atoms with Crippen molar-refractivity contribution in [1.82, 2.24) is 9.78 Å². The predicted molar refractivity (Wildman–Crippen MR) is 103 cm³/mol. The smallest absolute Gasteiger partial charge is 0.279 e. The minimum atomic E-state index is -0.284. The molecule has 3 N–H and O–H groups in total. The molecule has 0 aliphatic rings. The van der Waals surface area contributed by atoms with Crippen molar-refractivity contribution in [2.24, 2.45) is 0 Å². The van der Waals surface area contributed by atoms with Gasteiger partial charge in [0.2, 0.25) is 0 Å². The summed E-state index contributed by atoms with van der Waals surface area (Å²) in [5.41, 5.74) is 3.45. The summed E-state index contributed by atoms with van der Waals surface area (Å²) in [4.78, 5) is 13.0. The maximum absolute atomic E-state index is 13.0. The van der Waals surface area contributed by atoms with Crippen LogP contribution in [0, 0.1) is 13.8 Å². The molecule has 0 atom stereocenters. The van der Waals surface area contributed by atoms with Crippen LogP contribution in [0.3, 0.4) is 0 Å². The third-order valence-corrected chi connectivity index (χ3v) is 4.59. The van der Waals surface area contributed by atoms with Crippen LogP contribution in [0.25, 0.3) is 16.8 Å². The fraction of sp³-hybridized carbons (Fsp3) is 0.286. The van der Waals surface area contributed by atoms with Gasteiger partial charge < -0.3 is 10.2 Å². The largest absolute Gasteiger partial charge is 0.504 e. The lowest BCUT2D eigenvalue weighted by atomic mass is 9.85.